The molecule has 98 valence electrons. The summed E-state index contributed by atoms with van der Waals surface area (Å²) in [6.07, 6.45) is 1.25. The van der Waals surface area contributed by atoms with E-state index in [2.05, 4.69) is 15.2 Å². The van der Waals surface area contributed by atoms with E-state index in [4.69, 9.17) is 0 Å². The predicted octanol–water partition coefficient (Wildman–Crippen LogP) is 0.209. The van der Waals surface area contributed by atoms with Crippen LogP contribution in [0.2, 0.25) is 0 Å². The zero-order chi connectivity index (χ0) is 12.7. The van der Waals surface area contributed by atoms with Gasteiger partial charge in [0.1, 0.15) is 9.84 Å². The second-order valence-electron chi connectivity index (χ2n) is 4.10. The van der Waals surface area contributed by atoms with Crippen LogP contribution in [0.3, 0.4) is 0 Å². The molecular formula is C10H19N3O2S2. The van der Waals surface area contributed by atoms with Gasteiger partial charge in [-0.25, -0.2) is 13.4 Å². The molecule has 0 saturated heterocycles. The number of nitrogens with zero attached hydrogens (tertiary/aromatic N) is 2. The van der Waals surface area contributed by atoms with Gasteiger partial charge in [0.15, 0.2) is 0 Å². The number of rotatable bonds is 8. The number of hydrogen-bond acceptors (Lipinski definition) is 6. The molecule has 0 fully saturated rings. The average Bonchev–Trinajstić information content (AvgIpc) is 2.68. The van der Waals surface area contributed by atoms with Crippen LogP contribution in [0.1, 0.15) is 5.69 Å². The first kappa shape index (κ1) is 14.6. The average molecular weight is 277 g/mol. The fourth-order valence-electron chi connectivity index (χ4n) is 1.32. The highest BCUT2D eigenvalue weighted by Gasteiger charge is 2.03. The van der Waals surface area contributed by atoms with Crippen LogP contribution in [0, 0.1) is 0 Å². The Morgan fingerprint density at radius 2 is 2.24 bits per heavy atom. The van der Waals surface area contributed by atoms with Gasteiger partial charge in [-0.2, -0.15) is 0 Å². The third-order valence-corrected chi connectivity index (χ3v) is 3.82. The third kappa shape index (κ3) is 7.43. The molecule has 1 aromatic heterocycles. The fraction of sp³-hybridized carbons (Fsp3) is 0.700. The molecule has 17 heavy (non-hydrogen) atoms. The Kier molecular flexibility index (Phi) is 6.04. The Labute approximate surface area is 107 Å². The maximum atomic E-state index is 10.9. The van der Waals surface area contributed by atoms with Crippen LogP contribution in [-0.2, 0) is 16.4 Å². The molecule has 0 aliphatic carbocycles. The Balaban J connectivity index is 2.06. The van der Waals surface area contributed by atoms with Crippen LogP contribution in [0.4, 0.5) is 0 Å². The number of likely N-dealkylation sites (N-methyl/N-ethyl adjacent to an activating group) is 1. The highest BCUT2D eigenvalue weighted by atomic mass is 32.2. The van der Waals surface area contributed by atoms with Crippen LogP contribution < -0.4 is 5.32 Å². The van der Waals surface area contributed by atoms with Crippen molar-refractivity contribution in [3.63, 3.8) is 0 Å². The highest BCUT2D eigenvalue weighted by Crippen LogP contribution is 2.03. The third-order valence-electron chi connectivity index (χ3n) is 2.24. The van der Waals surface area contributed by atoms with Crippen molar-refractivity contribution in [1.29, 1.82) is 0 Å². The minimum Gasteiger partial charge on any atom is -0.314 e. The molecule has 0 radical (unpaired) electrons. The van der Waals surface area contributed by atoms with Gasteiger partial charge in [-0.1, -0.05) is 0 Å². The normalized spacial score (nSPS) is 12.2. The summed E-state index contributed by atoms with van der Waals surface area (Å²) < 4.78 is 21.8. The van der Waals surface area contributed by atoms with Crippen LogP contribution in [-0.4, -0.2) is 57.0 Å². The number of nitrogens with one attached hydrogen (secondary N) is 1. The smallest absolute Gasteiger partial charge is 0.148 e. The molecule has 1 N–H and O–H groups in total. The van der Waals surface area contributed by atoms with Gasteiger partial charge in [-0.3, -0.25) is 4.90 Å². The van der Waals surface area contributed by atoms with Crippen LogP contribution >= 0.6 is 11.3 Å². The molecule has 5 nitrogen and oxygen atoms in total. The van der Waals surface area contributed by atoms with Gasteiger partial charge in [0, 0.05) is 37.8 Å². The molecule has 0 aliphatic heterocycles. The Bertz CT molecular complexity index is 403. The number of aromatic nitrogens is 1. The van der Waals surface area contributed by atoms with Crippen molar-refractivity contribution in [2.24, 2.45) is 0 Å². The van der Waals surface area contributed by atoms with E-state index in [0.717, 1.165) is 25.3 Å². The van der Waals surface area contributed by atoms with Gasteiger partial charge >= 0.3 is 0 Å². The molecular weight excluding hydrogens is 258 g/mol. The first-order valence-electron chi connectivity index (χ1n) is 5.41. The summed E-state index contributed by atoms with van der Waals surface area (Å²) >= 11 is 1.60. The van der Waals surface area contributed by atoms with Crippen molar-refractivity contribution in [3.05, 3.63) is 16.6 Å². The first-order valence-corrected chi connectivity index (χ1v) is 8.42. The zero-order valence-corrected chi connectivity index (χ0v) is 11.9. The van der Waals surface area contributed by atoms with Crippen molar-refractivity contribution in [3.8, 4) is 0 Å². The van der Waals surface area contributed by atoms with Crippen molar-refractivity contribution >= 4 is 21.2 Å². The van der Waals surface area contributed by atoms with Crippen molar-refractivity contribution in [2.45, 2.75) is 6.54 Å². The number of thiazole rings is 1. The van der Waals surface area contributed by atoms with E-state index in [0.29, 0.717) is 6.54 Å². The Morgan fingerprint density at radius 3 is 2.82 bits per heavy atom. The summed E-state index contributed by atoms with van der Waals surface area (Å²) in [6, 6.07) is 0. The van der Waals surface area contributed by atoms with Crippen molar-refractivity contribution < 1.29 is 8.42 Å². The lowest BCUT2D eigenvalue weighted by atomic mass is 10.4. The molecule has 0 spiro atoms. The van der Waals surface area contributed by atoms with E-state index in [1.165, 1.54) is 6.26 Å². The Morgan fingerprint density at radius 1 is 1.47 bits per heavy atom. The Hall–Kier alpha value is -0.500. The van der Waals surface area contributed by atoms with Crippen molar-refractivity contribution in [2.75, 3.05) is 38.7 Å². The van der Waals surface area contributed by atoms with Gasteiger partial charge in [0.05, 0.1) is 17.0 Å². The van der Waals surface area contributed by atoms with Gasteiger partial charge in [-0.15, -0.1) is 11.3 Å². The largest absolute Gasteiger partial charge is 0.314 e. The molecule has 1 heterocycles. The monoisotopic (exact) mass is 277 g/mol. The molecule has 0 aliphatic rings. The highest BCUT2D eigenvalue weighted by molar-refractivity contribution is 7.90. The first-order chi connectivity index (χ1) is 7.97. The standard InChI is InChI=1S/C10H19N3O2S2/c1-13(7-10-8-16-9-12-10)5-3-11-4-6-17(2,14)15/h8-9,11H,3-7H2,1-2H3. The summed E-state index contributed by atoms with van der Waals surface area (Å²) in [5.74, 6) is 0.197. The van der Waals surface area contributed by atoms with E-state index < -0.39 is 9.84 Å². The molecule has 1 aromatic rings. The quantitative estimate of drug-likeness (QED) is 0.688. The van der Waals surface area contributed by atoms with Gasteiger partial charge in [-0.05, 0) is 7.05 Å². The molecule has 0 saturated carbocycles. The SMILES string of the molecule is CN(CCNCCS(C)(=O)=O)Cc1cscn1. The summed E-state index contributed by atoms with van der Waals surface area (Å²) in [7, 11) is -0.825. The van der Waals surface area contributed by atoms with Crippen LogP contribution in [0.15, 0.2) is 10.9 Å². The molecule has 0 amide bonds. The van der Waals surface area contributed by atoms with Crippen LogP contribution in [0.5, 0.6) is 0 Å². The van der Waals surface area contributed by atoms with E-state index >= 15 is 0 Å². The van der Waals surface area contributed by atoms with E-state index in [-0.39, 0.29) is 5.75 Å². The van der Waals surface area contributed by atoms with Gasteiger partial charge in [0.2, 0.25) is 0 Å². The lowest BCUT2D eigenvalue weighted by molar-refractivity contribution is 0.322. The van der Waals surface area contributed by atoms with E-state index in [1.807, 2.05) is 17.9 Å². The molecule has 0 unspecified atom stereocenters. The minimum absolute atomic E-state index is 0.197. The molecule has 0 bridgehead atoms. The number of hydrogen-bond donors (Lipinski definition) is 1. The van der Waals surface area contributed by atoms with Crippen LogP contribution in [0.25, 0.3) is 0 Å². The zero-order valence-electron chi connectivity index (χ0n) is 10.2. The molecule has 0 atom stereocenters. The maximum absolute atomic E-state index is 10.9. The van der Waals surface area contributed by atoms with Gasteiger partial charge < -0.3 is 5.32 Å². The lowest BCUT2D eigenvalue weighted by Crippen LogP contribution is -2.31. The summed E-state index contributed by atoms with van der Waals surface area (Å²) in [6.45, 7) is 3.01. The topological polar surface area (TPSA) is 62.3 Å². The lowest BCUT2D eigenvalue weighted by Gasteiger charge is -2.15. The van der Waals surface area contributed by atoms with Gasteiger partial charge in [0.25, 0.3) is 0 Å². The second kappa shape index (κ2) is 7.05. The van der Waals surface area contributed by atoms with E-state index in [1.54, 1.807) is 11.3 Å². The molecule has 0 aromatic carbocycles. The fourth-order valence-corrected chi connectivity index (χ4v) is 2.39. The number of sulfone groups is 1. The molecule has 1 rings (SSSR count). The molecule has 7 heteroatoms. The van der Waals surface area contributed by atoms with E-state index in [9.17, 15) is 8.42 Å². The minimum atomic E-state index is -2.85. The maximum Gasteiger partial charge on any atom is 0.148 e. The van der Waals surface area contributed by atoms with Crippen molar-refractivity contribution in [1.82, 2.24) is 15.2 Å². The predicted molar refractivity (Wildman–Crippen MR) is 71.0 cm³/mol. The summed E-state index contributed by atoms with van der Waals surface area (Å²) in [4.78, 5) is 6.37. The summed E-state index contributed by atoms with van der Waals surface area (Å²) in [5.41, 5.74) is 2.90. The summed E-state index contributed by atoms with van der Waals surface area (Å²) in [5, 5.41) is 5.15. The second-order valence-corrected chi connectivity index (χ2v) is 7.08.